The molecule has 1 heterocycles. The molecule has 2 rings (SSSR count). The second-order valence-electron chi connectivity index (χ2n) is 6.27. The minimum absolute atomic E-state index is 0.183. The topological polar surface area (TPSA) is 41.6 Å². The van der Waals surface area contributed by atoms with E-state index in [0.717, 1.165) is 25.6 Å². The SMILES string of the molecule is CC(C)(C)OC(=O)N1CC(NCCC2CC2)C1. The number of carbonyl (C=O) groups excluding carboxylic acids is 1. The van der Waals surface area contributed by atoms with Gasteiger partial charge in [-0.15, -0.1) is 0 Å². The summed E-state index contributed by atoms with van der Waals surface area (Å²) in [6, 6.07) is 0.473. The zero-order valence-corrected chi connectivity index (χ0v) is 11.2. The number of amides is 1. The van der Waals surface area contributed by atoms with Crippen molar-refractivity contribution in [2.45, 2.75) is 51.7 Å². The van der Waals surface area contributed by atoms with Gasteiger partial charge < -0.3 is 15.0 Å². The Bertz CT molecular complexity index is 276. The van der Waals surface area contributed by atoms with E-state index in [9.17, 15) is 4.79 Å². The monoisotopic (exact) mass is 240 g/mol. The number of hydrogen-bond acceptors (Lipinski definition) is 3. The van der Waals surface area contributed by atoms with Crippen molar-refractivity contribution in [3.05, 3.63) is 0 Å². The molecule has 0 atom stereocenters. The van der Waals surface area contributed by atoms with Gasteiger partial charge in [0.15, 0.2) is 0 Å². The molecule has 0 aromatic heterocycles. The van der Waals surface area contributed by atoms with Gasteiger partial charge in [0.1, 0.15) is 5.60 Å². The summed E-state index contributed by atoms with van der Waals surface area (Å²) >= 11 is 0. The standard InChI is InChI=1S/C13H24N2O2/c1-13(2,3)17-12(16)15-8-11(9-15)14-7-6-10-4-5-10/h10-11,14H,4-9H2,1-3H3. The first-order chi connectivity index (χ1) is 7.94. The third-order valence-electron chi connectivity index (χ3n) is 3.22. The fourth-order valence-corrected chi connectivity index (χ4v) is 1.98. The highest BCUT2D eigenvalue weighted by Crippen LogP contribution is 2.31. The highest BCUT2D eigenvalue weighted by molar-refractivity contribution is 5.69. The summed E-state index contributed by atoms with van der Waals surface area (Å²) in [6.07, 6.45) is 3.94. The van der Waals surface area contributed by atoms with E-state index in [-0.39, 0.29) is 11.7 Å². The van der Waals surface area contributed by atoms with Gasteiger partial charge in [-0.3, -0.25) is 0 Å². The normalized spacial score (nSPS) is 21.2. The number of ether oxygens (including phenoxy) is 1. The molecule has 2 aliphatic rings. The van der Waals surface area contributed by atoms with Gasteiger partial charge in [-0.2, -0.15) is 0 Å². The predicted molar refractivity (Wildman–Crippen MR) is 66.9 cm³/mol. The number of likely N-dealkylation sites (tertiary alicyclic amines) is 1. The zero-order valence-electron chi connectivity index (χ0n) is 11.2. The number of carbonyl (C=O) groups is 1. The van der Waals surface area contributed by atoms with Crippen LogP contribution in [0.4, 0.5) is 4.79 Å². The zero-order chi connectivity index (χ0) is 12.5. The lowest BCUT2D eigenvalue weighted by Crippen LogP contribution is -2.60. The summed E-state index contributed by atoms with van der Waals surface area (Å²) in [5.74, 6) is 0.976. The Morgan fingerprint density at radius 2 is 2.00 bits per heavy atom. The Morgan fingerprint density at radius 1 is 1.35 bits per heavy atom. The molecule has 2 fully saturated rings. The summed E-state index contributed by atoms with van der Waals surface area (Å²) in [7, 11) is 0. The molecule has 0 aromatic carbocycles. The van der Waals surface area contributed by atoms with Gasteiger partial charge in [0, 0.05) is 19.1 Å². The average Bonchev–Trinajstić information content (AvgIpc) is 2.88. The van der Waals surface area contributed by atoms with Gasteiger partial charge in [0.05, 0.1) is 0 Å². The predicted octanol–water partition coefficient (Wildman–Crippen LogP) is 2.00. The molecule has 4 heteroatoms. The van der Waals surface area contributed by atoms with Crippen molar-refractivity contribution < 1.29 is 9.53 Å². The lowest BCUT2D eigenvalue weighted by atomic mass is 10.1. The van der Waals surface area contributed by atoms with Crippen LogP contribution >= 0.6 is 0 Å². The molecular weight excluding hydrogens is 216 g/mol. The number of nitrogens with one attached hydrogen (secondary N) is 1. The van der Waals surface area contributed by atoms with Crippen molar-refractivity contribution >= 4 is 6.09 Å². The molecule has 0 radical (unpaired) electrons. The molecule has 1 amide bonds. The van der Waals surface area contributed by atoms with Crippen LogP contribution in [0.25, 0.3) is 0 Å². The Kier molecular flexibility index (Phi) is 3.61. The minimum atomic E-state index is -0.387. The first kappa shape index (κ1) is 12.7. The Morgan fingerprint density at radius 3 is 2.53 bits per heavy atom. The lowest BCUT2D eigenvalue weighted by Gasteiger charge is -2.40. The lowest BCUT2D eigenvalue weighted by molar-refractivity contribution is 0.00533. The van der Waals surface area contributed by atoms with E-state index in [1.54, 1.807) is 4.90 Å². The summed E-state index contributed by atoms with van der Waals surface area (Å²) in [5.41, 5.74) is -0.387. The Hall–Kier alpha value is -0.770. The molecule has 1 N–H and O–H groups in total. The first-order valence-corrected chi connectivity index (χ1v) is 6.65. The maximum absolute atomic E-state index is 11.7. The molecular formula is C13H24N2O2. The summed E-state index contributed by atoms with van der Waals surface area (Å²) in [6.45, 7) is 8.37. The molecule has 1 aliphatic carbocycles. The maximum Gasteiger partial charge on any atom is 0.410 e. The number of hydrogen-bond donors (Lipinski definition) is 1. The quantitative estimate of drug-likeness (QED) is 0.817. The molecule has 1 saturated heterocycles. The molecule has 0 bridgehead atoms. The van der Waals surface area contributed by atoms with Crippen molar-refractivity contribution in [2.24, 2.45) is 5.92 Å². The van der Waals surface area contributed by atoms with Crippen LogP contribution in [0.1, 0.15) is 40.0 Å². The second-order valence-corrected chi connectivity index (χ2v) is 6.27. The van der Waals surface area contributed by atoms with Crippen LogP contribution in [0.2, 0.25) is 0 Å². The molecule has 4 nitrogen and oxygen atoms in total. The Balaban J connectivity index is 1.56. The maximum atomic E-state index is 11.7. The second kappa shape index (κ2) is 4.84. The minimum Gasteiger partial charge on any atom is -0.444 e. The number of rotatable bonds is 4. The van der Waals surface area contributed by atoms with E-state index in [2.05, 4.69) is 5.32 Å². The van der Waals surface area contributed by atoms with E-state index in [1.165, 1.54) is 19.3 Å². The van der Waals surface area contributed by atoms with Crippen LogP contribution in [0.3, 0.4) is 0 Å². The smallest absolute Gasteiger partial charge is 0.410 e. The van der Waals surface area contributed by atoms with Crippen LogP contribution < -0.4 is 5.32 Å². The van der Waals surface area contributed by atoms with Gasteiger partial charge in [0.25, 0.3) is 0 Å². The third-order valence-corrected chi connectivity index (χ3v) is 3.22. The van der Waals surface area contributed by atoms with Gasteiger partial charge >= 0.3 is 6.09 Å². The third kappa shape index (κ3) is 4.19. The number of nitrogens with zero attached hydrogens (tertiary/aromatic N) is 1. The van der Waals surface area contributed by atoms with Crippen LogP contribution in [0.15, 0.2) is 0 Å². The average molecular weight is 240 g/mol. The Labute approximate surface area is 104 Å². The van der Waals surface area contributed by atoms with E-state index in [1.807, 2.05) is 20.8 Å². The molecule has 1 aliphatic heterocycles. The molecule has 0 aromatic rings. The van der Waals surface area contributed by atoms with Crippen LogP contribution in [0.5, 0.6) is 0 Å². The summed E-state index contributed by atoms with van der Waals surface area (Å²) in [5, 5.41) is 3.49. The van der Waals surface area contributed by atoms with Crippen molar-refractivity contribution in [1.29, 1.82) is 0 Å². The van der Waals surface area contributed by atoms with E-state index in [0.29, 0.717) is 6.04 Å². The van der Waals surface area contributed by atoms with Crippen molar-refractivity contribution in [3.8, 4) is 0 Å². The highest BCUT2D eigenvalue weighted by atomic mass is 16.6. The van der Waals surface area contributed by atoms with Crippen LogP contribution in [-0.4, -0.2) is 42.3 Å². The highest BCUT2D eigenvalue weighted by Gasteiger charge is 2.33. The largest absolute Gasteiger partial charge is 0.444 e. The molecule has 0 spiro atoms. The molecule has 0 unspecified atom stereocenters. The van der Waals surface area contributed by atoms with Crippen molar-refractivity contribution in [3.63, 3.8) is 0 Å². The van der Waals surface area contributed by atoms with Gasteiger partial charge in [0.2, 0.25) is 0 Å². The summed E-state index contributed by atoms with van der Waals surface area (Å²) in [4.78, 5) is 13.4. The molecule has 17 heavy (non-hydrogen) atoms. The first-order valence-electron chi connectivity index (χ1n) is 6.65. The van der Waals surface area contributed by atoms with E-state index in [4.69, 9.17) is 4.74 Å². The molecule has 1 saturated carbocycles. The van der Waals surface area contributed by atoms with E-state index >= 15 is 0 Å². The molecule has 98 valence electrons. The van der Waals surface area contributed by atoms with Gasteiger partial charge in [-0.1, -0.05) is 12.8 Å². The van der Waals surface area contributed by atoms with Crippen molar-refractivity contribution in [2.75, 3.05) is 19.6 Å². The van der Waals surface area contributed by atoms with Crippen LogP contribution in [-0.2, 0) is 4.74 Å². The fourth-order valence-electron chi connectivity index (χ4n) is 1.98. The van der Waals surface area contributed by atoms with Crippen molar-refractivity contribution in [1.82, 2.24) is 10.2 Å². The van der Waals surface area contributed by atoms with Gasteiger partial charge in [-0.25, -0.2) is 4.79 Å². The van der Waals surface area contributed by atoms with Crippen LogP contribution in [0, 0.1) is 5.92 Å². The fraction of sp³-hybridized carbons (Fsp3) is 0.923. The van der Waals surface area contributed by atoms with E-state index < -0.39 is 0 Å². The van der Waals surface area contributed by atoms with Gasteiger partial charge in [-0.05, 0) is 39.7 Å². The summed E-state index contributed by atoms with van der Waals surface area (Å²) < 4.78 is 5.30.